The van der Waals surface area contributed by atoms with Crippen LogP contribution in [0, 0.1) is 0 Å². The first-order valence-corrected chi connectivity index (χ1v) is 16.1. The maximum atomic E-state index is 11.2. The second-order valence-electron chi connectivity index (χ2n) is 7.65. The Bertz CT molecular complexity index is 1200. The Hall–Kier alpha value is -1.93. The quantitative estimate of drug-likeness (QED) is 0.159. The van der Waals surface area contributed by atoms with Gasteiger partial charge in [0, 0.05) is 25.0 Å². The molecule has 0 bridgehead atoms. The zero-order valence-electron chi connectivity index (χ0n) is 18.9. The predicted octanol–water partition coefficient (Wildman–Crippen LogP) is 6.63. The zero-order valence-corrected chi connectivity index (χ0v) is 23.0. The van der Waals surface area contributed by atoms with E-state index < -0.39 is 17.0 Å². The van der Waals surface area contributed by atoms with Crippen molar-refractivity contribution in [3.63, 3.8) is 0 Å². The second-order valence-corrected chi connectivity index (χ2v) is 11.6. The van der Waals surface area contributed by atoms with E-state index in [-0.39, 0.29) is 0 Å². The van der Waals surface area contributed by atoms with Gasteiger partial charge in [0.2, 0.25) is 0 Å². The van der Waals surface area contributed by atoms with Crippen LogP contribution in [0.5, 0.6) is 5.75 Å². The summed E-state index contributed by atoms with van der Waals surface area (Å²) in [4.78, 5) is 4.19. The molecule has 4 aromatic carbocycles. The summed E-state index contributed by atoms with van der Waals surface area (Å²) in [6, 6.07) is 33.4. The SMILES string of the molecule is CN=Cc1ccccc1Pc1cc(Cc2ccccc2)cc(Cc2ccccc2)c1O.[Cl][Ti][Cl]. The molecular formula is C28H26Cl2NOPTi. The van der Waals surface area contributed by atoms with Gasteiger partial charge in [-0.2, -0.15) is 0 Å². The first-order chi connectivity index (χ1) is 16.6. The third-order valence-electron chi connectivity index (χ3n) is 5.24. The van der Waals surface area contributed by atoms with Crippen LogP contribution in [0.4, 0.5) is 0 Å². The van der Waals surface area contributed by atoms with Crippen molar-refractivity contribution >= 4 is 44.0 Å². The third kappa shape index (κ3) is 8.09. The number of aromatic hydroxyl groups is 1. The van der Waals surface area contributed by atoms with Crippen LogP contribution < -0.4 is 10.6 Å². The number of phenols is 1. The van der Waals surface area contributed by atoms with Crippen LogP contribution in [-0.4, -0.2) is 18.4 Å². The molecule has 0 spiro atoms. The molecule has 34 heavy (non-hydrogen) atoms. The molecular weight excluding hydrogens is 516 g/mol. The number of hydrogen-bond acceptors (Lipinski definition) is 2. The minimum absolute atomic E-state index is 0.357. The summed E-state index contributed by atoms with van der Waals surface area (Å²) in [6.45, 7) is 0. The van der Waals surface area contributed by atoms with Gasteiger partial charge in [-0.25, -0.2) is 0 Å². The third-order valence-corrected chi connectivity index (χ3v) is 6.61. The number of benzene rings is 4. The van der Waals surface area contributed by atoms with E-state index in [2.05, 4.69) is 65.7 Å². The van der Waals surface area contributed by atoms with Crippen LogP contribution in [-0.2, 0) is 29.9 Å². The van der Waals surface area contributed by atoms with Crippen molar-refractivity contribution in [2.45, 2.75) is 12.8 Å². The molecule has 0 radical (unpaired) electrons. The summed E-state index contributed by atoms with van der Waals surface area (Å²) in [5.41, 5.74) is 5.76. The fraction of sp³-hybridized carbons (Fsp3) is 0.107. The number of halogens is 2. The number of aliphatic imine (C=N–C) groups is 1. The second kappa shape index (κ2) is 14.5. The van der Waals surface area contributed by atoms with E-state index >= 15 is 0 Å². The van der Waals surface area contributed by atoms with Gasteiger partial charge in [0.1, 0.15) is 5.75 Å². The van der Waals surface area contributed by atoms with E-state index in [0.717, 1.165) is 22.9 Å². The van der Waals surface area contributed by atoms with Crippen LogP contribution in [0.15, 0.2) is 102 Å². The topological polar surface area (TPSA) is 32.6 Å². The predicted molar refractivity (Wildman–Crippen MR) is 146 cm³/mol. The normalized spacial score (nSPS) is 10.9. The Kier molecular flexibility index (Phi) is 11.4. The van der Waals surface area contributed by atoms with Gasteiger partial charge in [0.05, 0.1) is 0 Å². The Morgan fingerprint density at radius 3 is 1.94 bits per heavy atom. The van der Waals surface area contributed by atoms with Gasteiger partial charge < -0.3 is 5.11 Å². The zero-order chi connectivity index (χ0) is 24.2. The van der Waals surface area contributed by atoms with E-state index in [4.69, 9.17) is 18.6 Å². The van der Waals surface area contributed by atoms with E-state index in [0.29, 0.717) is 20.8 Å². The van der Waals surface area contributed by atoms with Gasteiger partial charge in [0.15, 0.2) is 0 Å². The molecule has 0 saturated heterocycles. The molecule has 0 aliphatic rings. The number of phenolic OH excluding ortho intramolecular Hbond substituents is 1. The van der Waals surface area contributed by atoms with Crippen LogP contribution in [0.1, 0.15) is 27.8 Å². The van der Waals surface area contributed by atoms with Crippen molar-refractivity contribution in [1.82, 2.24) is 0 Å². The molecule has 0 aliphatic heterocycles. The molecule has 0 heterocycles. The Morgan fingerprint density at radius 1 is 0.765 bits per heavy atom. The molecule has 0 saturated carbocycles. The molecule has 0 aromatic heterocycles. The van der Waals surface area contributed by atoms with Crippen LogP contribution in [0.3, 0.4) is 0 Å². The van der Waals surface area contributed by atoms with Gasteiger partial charge in [-0.3, -0.25) is 4.99 Å². The van der Waals surface area contributed by atoms with Crippen LogP contribution in [0.2, 0.25) is 0 Å². The molecule has 0 aliphatic carbocycles. The molecule has 6 heteroatoms. The molecule has 0 amide bonds. The molecule has 1 atom stereocenters. The molecule has 4 aromatic rings. The van der Waals surface area contributed by atoms with Crippen molar-refractivity contribution < 1.29 is 22.1 Å². The monoisotopic (exact) mass is 541 g/mol. The summed E-state index contributed by atoms with van der Waals surface area (Å²) in [7, 11) is 11.9. The van der Waals surface area contributed by atoms with E-state index in [1.165, 1.54) is 22.0 Å². The fourth-order valence-corrected chi connectivity index (χ4v) is 5.05. The summed E-state index contributed by atoms with van der Waals surface area (Å²) in [6.07, 6.45) is 3.45. The first kappa shape index (κ1) is 26.7. The molecule has 2 nitrogen and oxygen atoms in total. The van der Waals surface area contributed by atoms with E-state index in [1.807, 2.05) is 42.6 Å². The van der Waals surface area contributed by atoms with Gasteiger partial charge >= 0.3 is 35.6 Å². The van der Waals surface area contributed by atoms with Gasteiger partial charge in [-0.05, 0) is 45.6 Å². The number of nitrogens with zero attached hydrogens (tertiary/aromatic N) is 1. The maximum absolute atomic E-state index is 11.2. The van der Waals surface area contributed by atoms with Crippen molar-refractivity contribution in [2.24, 2.45) is 4.99 Å². The van der Waals surface area contributed by atoms with E-state index in [9.17, 15) is 5.11 Å². The van der Waals surface area contributed by atoms with Crippen molar-refractivity contribution in [1.29, 1.82) is 0 Å². The van der Waals surface area contributed by atoms with E-state index in [1.54, 1.807) is 7.05 Å². The van der Waals surface area contributed by atoms with Crippen molar-refractivity contribution in [2.75, 3.05) is 7.05 Å². The summed E-state index contributed by atoms with van der Waals surface area (Å²) >= 11 is -0.556. The van der Waals surface area contributed by atoms with Crippen LogP contribution in [0.25, 0.3) is 0 Å². The number of rotatable bonds is 7. The first-order valence-electron chi connectivity index (χ1n) is 10.8. The number of hydrogen-bond donors (Lipinski definition) is 1. The molecule has 1 N–H and O–H groups in total. The summed E-state index contributed by atoms with van der Waals surface area (Å²) in [5, 5.41) is 13.4. The average Bonchev–Trinajstić information content (AvgIpc) is 2.85. The van der Waals surface area contributed by atoms with Crippen molar-refractivity contribution in [3.8, 4) is 5.75 Å². The summed E-state index contributed by atoms with van der Waals surface area (Å²) < 4.78 is 0. The molecule has 0 fully saturated rings. The Labute approximate surface area is 220 Å². The van der Waals surface area contributed by atoms with Gasteiger partial charge in [0.25, 0.3) is 0 Å². The minimum atomic E-state index is -0.556. The Morgan fingerprint density at radius 2 is 1.32 bits per heavy atom. The average molecular weight is 542 g/mol. The van der Waals surface area contributed by atoms with Crippen molar-refractivity contribution in [3.05, 3.63) is 125 Å². The standard InChI is InChI=1S/C28H26NOP.2ClH.Ti/c1-29-20-24-14-8-9-15-26(24)31-27-19-23(16-21-10-4-2-5-11-21)18-25(28(27)30)17-22-12-6-3-7-13-22;;;/h2-15,18-20,30-31H,16-17H2,1H3;2*1H;/q;;;+2/p-2. The van der Waals surface area contributed by atoms with Crippen LogP contribution >= 0.6 is 27.2 Å². The molecule has 172 valence electrons. The Balaban J connectivity index is 0.00000103. The van der Waals surface area contributed by atoms with Gasteiger partial charge in [-0.1, -0.05) is 99.6 Å². The fourth-order valence-electron chi connectivity index (χ4n) is 3.75. The molecule has 1 unspecified atom stereocenters. The summed E-state index contributed by atoms with van der Waals surface area (Å²) in [5.74, 6) is 0.405. The molecule has 4 rings (SSSR count). The van der Waals surface area contributed by atoms with Gasteiger partial charge in [-0.15, -0.1) is 0 Å².